The summed E-state index contributed by atoms with van der Waals surface area (Å²) in [4.78, 5) is 2.21. The van der Waals surface area contributed by atoms with Gasteiger partial charge in [0.05, 0.1) is 6.54 Å². The molecular formula is C13H17ClF2N2. The number of alkyl halides is 2. The lowest BCUT2D eigenvalue weighted by molar-refractivity contribution is 0.140. The van der Waals surface area contributed by atoms with Gasteiger partial charge < -0.3 is 10.2 Å². The fraction of sp³-hybridized carbons (Fsp3) is 0.538. The number of anilines is 1. The Labute approximate surface area is 111 Å². The summed E-state index contributed by atoms with van der Waals surface area (Å²) in [6, 6.07) is 7.79. The van der Waals surface area contributed by atoms with Crippen LogP contribution in [0.5, 0.6) is 0 Å². The van der Waals surface area contributed by atoms with Crippen molar-refractivity contribution in [2.24, 2.45) is 0 Å². The summed E-state index contributed by atoms with van der Waals surface area (Å²) in [7, 11) is 0. The summed E-state index contributed by atoms with van der Waals surface area (Å²) in [6.07, 6.45) is -0.309. The van der Waals surface area contributed by atoms with Crippen LogP contribution in [0, 0.1) is 0 Å². The Kier molecular flexibility index (Phi) is 4.78. The van der Waals surface area contributed by atoms with Crippen LogP contribution in [0.4, 0.5) is 14.5 Å². The van der Waals surface area contributed by atoms with Crippen molar-refractivity contribution in [3.63, 3.8) is 0 Å². The Morgan fingerprint density at radius 2 is 2.06 bits per heavy atom. The van der Waals surface area contributed by atoms with E-state index in [2.05, 4.69) is 10.2 Å². The summed E-state index contributed by atoms with van der Waals surface area (Å²) >= 11 is 5.85. The molecule has 1 heterocycles. The highest BCUT2D eigenvalue weighted by atomic mass is 35.5. The van der Waals surface area contributed by atoms with Crippen LogP contribution in [0.1, 0.15) is 12.8 Å². The van der Waals surface area contributed by atoms with E-state index >= 15 is 0 Å². The fourth-order valence-electron chi connectivity index (χ4n) is 2.29. The molecule has 1 aromatic rings. The maximum atomic E-state index is 12.2. The molecule has 0 bridgehead atoms. The van der Waals surface area contributed by atoms with Gasteiger partial charge in [-0.1, -0.05) is 11.6 Å². The molecule has 1 saturated heterocycles. The van der Waals surface area contributed by atoms with Gasteiger partial charge in [0.2, 0.25) is 0 Å². The lowest BCUT2D eigenvalue weighted by Crippen LogP contribution is -2.47. The van der Waals surface area contributed by atoms with E-state index in [1.807, 2.05) is 24.3 Å². The molecule has 5 heteroatoms. The molecule has 0 aliphatic carbocycles. The molecule has 18 heavy (non-hydrogen) atoms. The number of piperidine rings is 1. The van der Waals surface area contributed by atoms with Crippen molar-refractivity contribution in [2.45, 2.75) is 25.3 Å². The molecule has 2 nitrogen and oxygen atoms in total. The van der Waals surface area contributed by atoms with Gasteiger partial charge in [-0.2, -0.15) is 0 Å². The van der Waals surface area contributed by atoms with Gasteiger partial charge in [-0.05, 0) is 37.1 Å². The quantitative estimate of drug-likeness (QED) is 0.907. The van der Waals surface area contributed by atoms with Gasteiger partial charge in [0, 0.05) is 29.8 Å². The first-order chi connectivity index (χ1) is 8.65. The van der Waals surface area contributed by atoms with E-state index < -0.39 is 6.43 Å². The largest absolute Gasteiger partial charge is 0.370 e. The zero-order chi connectivity index (χ0) is 13.0. The fourth-order valence-corrected chi connectivity index (χ4v) is 2.41. The Hall–Kier alpha value is -0.870. The smallest absolute Gasteiger partial charge is 0.250 e. The van der Waals surface area contributed by atoms with Crippen LogP contribution in [0.3, 0.4) is 0 Å². The Morgan fingerprint density at radius 1 is 1.33 bits per heavy atom. The second kappa shape index (κ2) is 6.34. The van der Waals surface area contributed by atoms with E-state index in [0.717, 1.165) is 31.6 Å². The van der Waals surface area contributed by atoms with Crippen LogP contribution in [0.25, 0.3) is 0 Å². The molecule has 1 N–H and O–H groups in total. The second-order valence-electron chi connectivity index (χ2n) is 4.56. The average molecular weight is 275 g/mol. The van der Waals surface area contributed by atoms with E-state index in [0.29, 0.717) is 5.02 Å². The normalized spacial score (nSPS) is 20.4. The van der Waals surface area contributed by atoms with Crippen molar-refractivity contribution in [2.75, 3.05) is 24.5 Å². The minimum Gasteiger partial charge on any atom is -0.370 e. The lowest BCUT2D eigenvalue weighted by Gasteiger charge is -2.35. The van der Waals surface area contributed by atoms with Crippen molar-refractivity contribution in [1.29, 1.82) is 0 Å². The Bertz CT molecular complexity index is 370. The van der Waals surface area contributed by atoms with Crippen molar-refractivity contribution < 1.29 is 8.78 Å². The third-order valence-corrected chi connectivity index (χ3v) is 3.43. The molecule has 0 amide bonds. The van der Waals surface area contributed by atoms with Gasteiger partial charge in [-0.25, -0.2) is 8.78 Å². The summed E-state index contributed by atoms with van der Waals surface area (Å²) in [6.45, 7) is 1.52. The number of nitrogens with one attached hydrogen (secondary N) is 1. The molecule has 0 saturated carbocycles. The van der Waals surface area contributed by atoms with Crippen LogP contribution in [0.15, 0.2) is 24.3 Å². The van der Waals surface area contributed by atoms with Crippen LogP contribution >= 0.6 is 11.6 Å². The summed E-state index contributed by atoms with van der Waals surface area (Å²) < 4.78 is 24.3. The number of hydrogen-bond donors (Lipinski definition) is 1. The first-order valence-corrected chi connectivity index (χ1v) is 6.55. The van der Waals surface area contributed by atoms with Crippen molar-refractivity contribution in [3.8, 4) is 0 Å². The van der Waals surface area contributed by atoms with E-state index in [4.69, 9.17) is 11.6 Å². The van der Waals surface area contributed by atoms with Crippen molar-refractivity contribution in [1.82, 2.24) is 5.32 Å². The Balaban J connectivity index is 1.91. The van der Waals surface area contributed by atoms with E-state index in [1.54, 1.807) is 0 Å². The highest BCUT2D eigenvalue weighted by Gasteiger charge is 2.20. The SMILES string of the molecule is FC(F)CNC1CCCN(c2ccc(Cl)cc2)C1. The molecule has 100 valence electrons. The molecule has 0 radical (unpaired) electrons. The second-order valence-corrected chi connectivity index (χ2v) is 5.00. The van der Waals surface area contributed by atoms with Gasteiger partial charge in [-0.3, -0.25) is 0 Å². The third-order valence-electron chi connectivity index (χ3n) is 3.17. The zero-order valence-electron chi connectivity index (χ0n) is 10.1. The summed E-state index contributed by atoms with van der Waals surface area (Å²) in [5, 5.41) is 3.63. The van der Waals surface area contributed by atoms with Crippen molar-refractivity contribution in [3.05, 3.63) is 29.3 Å². The summed E-state index contributed by atoms with van der Waals surface area (Å²) in [5.41, 5.74) is 1.10. The standard InChI is InChI=1S/C13H17ClF2N2/c14-10-3-5-12(6-4-10)18-7-1-2-11(9-18)17-8-13(15)16/h3-6,11,13,17H,1-2,7-9H2. The molecule has 1 unspecified atom stereocenters. The monoisotopic (exact) mass is 274 g/mol. The molecule has 0 spiro atoms. The minimum atomic E-state index is -2.28. The summed E-state index contributed by atoms with van der Waals surface area (Å²) in [5.74, 6) is 0. The van der Waals surface area contributed by atoms with Gasteiger partial charge in [0.25, 0.3) is 6.43 Å². The molecule has 1 aliphatic heterocycles. The molecule has 1 aromatic carbocycles. The highest BCUT2D eigenvalue weighted by molar-refractivity contribution is 6.30. The average Bonchev–Trinajstić information content (AvgIpc) is 2.37. The predicted octanol–water partition coefficient (Wildman–Crippen LogP) is 3.16. The van der Waals surface area contributed by atoms with E-state index in [-0.39, 0.29) is 12.6 Å². The molecule has 1 aliphatic rings. The number of benzene rings is 1. The highest BCUT2D eigenvalue weighted by Crippen LogP contribution is 2.22. The molecule has 0 aromatic heterocycles. The molecule has 2 rings (SSSR count). The van der Waals surface area contributed by atoms with Crippen LogP contribution < -0.4 is 10.2 Å². The van der Waals surface area contributed by atoms with Crippen LogP contribution in [0.2, 0.25) is 5.02 Å². The first-order valence-electron chi connectivity index (χ1n) is 6.17. The number of halogens is 3. The number of nitrogens with zero attached hydrogens (tertiary/aromatic N) is 1. The number of rotatable bonds is 4. The first kappa shape index (κ1) is 13.6. The Morgan fingerprint density at radius 3 is 2.72 bits per heavy atom. The zero-order valence-corrected chi connectivity index (χ0v) is 10.8. The van der Waals surface area contributed by atoms with Crippen LogP contribution in [-0.2, 0) is 0 Å². The lowest BCUT2D eigenvalue weighted by atomic mass is 10.0. The van der Waals surface area contributed by atoms with E-state index in [1.165, 1.54) is 0 Å². The van der Waals surface area contributed by atoms with Gasteiger partial charge >= 0.3 is 0 Å². The van der Waals surface area contributed by atoms with E-state index in [9.17, 15) is 8.78 Å². The van der Waals surface area contributed by atoms with Crippen molar-refractivity contribution >= 4 is 17.3 Å². The van der Waals surface area contributed by atoms with Gasteiger partial charge in [-0.15, -0.1) is 0 Å². The van der Waals surface area contributed by atoms with Gasteiger partial charge in [0.1, 0.15) is 0 Å². The predicted molar refractivity (Wildman–Crippen MR) is 70.7 cm³/mol. The van der Waals surface area contributed by atoms with Gasteiger partial charge in [0.15, 0.2) is 0 Å². The maximum Gasteiger partial charge on any atom is 0.250 e. The minimum absolute atomic E-state index is 0.142. The molecule has 1 fully saturated rings. The maximum absolute atomic E-state index is 12.2. The molecular weight excluding hydrogens is 258 g/mol. The van der Waals surface area contributed by atoms with Crippen LogP contribution in [-0.4, -0.2) is 32.1 Å². The topological polar surface area (TPSA) is 15.3 Å². The number of hydrogen-bond acceptors (Lipinski definition) is 2. The third kappa shape index (κ3) is 3.82. The molecule has 1 atom stereocenters.